The van der Waals surface area contributed by atoms with Gasteiger partial charge in [-0.05, 0) is 49.3 Å². The van der Waals surface area contributed by atoms with Crippen molar-refractivity contribution in [3.05, 3.63) is 59.3 Å². The summed E-state index contributed by atoms with van der Waals surface area (Å²) in [6, 6.07) is 0. The number of hydrogen-bond donors (Lipinski definition) is 0. The van der Waals surface area contributed by atoms with E-state index in [1.807, 2.05) is 43.4 Å². The zero-order valence-corrected chi connectivity index (χ0v) is 14.3. The summed E-state index contributed by atoms with van der Waals surface area (Å²) in [4.78, 5) is 22.9. The number of rotatable bonds is 5. The second kappa shape index (κ2) is 7.88. The summed E-state index contributed by atoms with van der Waals surface area (Å²) in [5.74, 6) is 0.341. The largest absolute Gasteiger partial charge is 0.295 e. The van der Waals surface area contributed by atoms with Crippen LogP contribution in [0, 0.1) is 5.41 Å². The molecule has 0 aromatic heterocycles. The van der Waals surface area contributed by atoms with E-state index in [2.05, 4.69) is 13.8 Å². The van der Waals surface area contributed by atoms with Crippen LogP contribution in [0.2, 0.25) is 0 Å². The topological polar surface area (TPSA) is 34.1 Å². The van der Waals surface area contributed by atoms with Crippen LogP contribution in [0.4, 0.5) is 0 Å². The highest BCUT2D eigenvalue weighted by atomic mass is 16.1. The maximum absolute atomic E-state index is 11.8. The van der Waals surface area contributed by atoms with Crippen LogP contribution >= 0.6 is 0 Å². The number of carbonyl (C=O) groups excluding carboxylic acids is 2. The van der Waals surface area contributed by atoms with Gasteiger partial charge in [-0.25, -0.2) is 0 Å². The molecule has 0 unspecified atom stereocenters. The van der Waals surface area contributed by atoms with E-state index in [1.165, 1.54) is 0 Å². The Kier molecular flexibility index (Phi) is 6.48. The smallest absolute Gasteiger partial charge is 0.158 e. The van der Waals surface area contributed by atoms with Crippen LogP contribution < -0.4 is 0 Å². The maximum Gasteiger partial charge on any atom is 0.158 e. The Hall–Kier alpha value is -1.96. The SMILES string of the molecule is CC(=O)C(C)=CC=CC=CC=CC1=C(C)C(=O)CCC1(C)C. The van der Waals surface area contributed by atoms with Crippen molar-refractivity contribution in [3.63, 3.8) is 0 Å². The molecule has 0 saturated heterocycles. The fourth-order valence-electron chi connectivity index (χ4n) is 2.42. The minimum Gasteiger partial charge on any atom is -0.295 e. The molecule has 2 heteroatoms. The molecule has 0 bridgehead atoms. The third-order valence-corrected chi connectivity index (χ3v) is 4.14. The molecule has 0 spiro atoms. The predicted molar refractivity (Wildman–Crippen MR) is 92.6 cm³/mol. The van der Waals surface area contributed by atoms with Gasteiger partial charge in [-0.3, -0.25) is 9.59 Å². The van der Waals surface area contributed by atoms with E-state index in [4.69, 9.17) is 0 Å². The maximum atomic E-state index is 11.8. The standard InChI is InChI=1S/C20H26O2/c1-15(17(3)21)11-9-7-6-8-10-12-18-16(2)19(22)13-14-20(18,4)5/h6-12H,13-14H2,1-5H3. The van der Waals surface area contributed by atoms with Gasteiger partial charge in [0.1, 0.15) is 0 Å². The summed E-state index contributed by atoms with van der Waals surface area (Å²) in [5, 5.41) is 0. The molecular formula is C20H26O2. The van der Waals surface area contributed by atoms with Gasteiger partial charge < -0.3 is 0 Å². The van der Waals surface area contributed by atoms with Gasteiger partial charge in [0.05, 0.1) is 0 Å². The molecule has 0 N–H and O–H groups in total. The van der Waals surface area contributed by atoms with E-state index in [1.54, 1.807) is 19.9 Å². The Labute approximate surface area is 134 Å². The molecule has 0 fully saturated rings. The van der Waals surface area contributed by atoms with E-state index in [0.29, 0.717) is 6.42 Å². The van der Waals surface area contributed by atoms with Crippen LogP contribution in [0.15, 0.2) is 59.3 Å². The van der Waals surface area contributed by atoms with Crippen LogP contribution in [0.3, 0.4) is 0 Å². The van der Waals surface area contributed by atoms with Crippen LogP contribution in [0.1, 0.15) is 47.5 Å². The number of allylic oxidation sites excluding steroid dienone is 10. The molecule has 118 valence electrons. The molecule has 0 heterocycles. The fraction of sp³-hybridized carbons (Fsp3) is 0.400. The summed E-state index contributed by atoms with van der Waals surface area (Å²) in [5.41, 5.74) is 2.81. The first-order valence-electron chi connectivity index (χ1n) is 7.69. The molecule has 1 rings (SSSR count). The van der Waals surface area contributed by atoms with Crippen molar-refractivity contribution in [2.45, 2.75) is 47.5 Å². The fourth-order valence-corrected chi connectivity index (χ4v) is 2.42. The number of hydrogen-bond acceptors (Lipinski definition) is 2. The van der Waals surface area contributed by atoms with Gasteiger partial charge in [0.15, 0.2) is 11.6 Å². The van der Waals surface area contributed by atoms with E-state index >= 15 is 0 Å². The first kappa shape index (κ1) is 18.1. The molecule has 0 aliphatic heterocycles. The molecule has 0 aromatic rings. The molecule has 0 radical (unpaired) electrons. The molecule has 0 saturated carbocycles. The van der Waals surface area contributed by atoms with Gasteiger partial charge in [0.2, 0.25) is 0 Å². The lowest BCUT2D eigenvalue weighted by Crippen LogP contribution is -2.24. The molecule has 1 aliphatic carbocycles. The summed E-state index contributed by atoms with van der Waals surface area (Å²) >= 11 is 0. The second-order valence-electron chi connectivity index (χ2n) is 6.38. The van der Waals surface area contributed by atoms with Crippen molar-refractivity contribution >= 4 is 11.6 Å². The Balaban J connectivity index is 2.73. The minimum atomic E-state index is 0.0551. The lowest BCUT2D eigenvalue weighted by Gasteiger charge is -2.31. The number of ketones is 2. The van der Waals surface area contributed by atoms with E-state index in [9.17, 15) is 9.59 Å². The molecule has 0 atom stereocenters. The predicted octanol–water partition coefficient (Wildman–Crippen LogP) is 4.90. The lowest BCUT2D eigenvalue weighted by atomic mass is 9.72. The Morgan fingerprint density at radius 2 is 1.64 bits per heavy atom. The van der Waals surface area contributed by atoms with Crippen molar-refractivity contribution in [3.8, 4) is 0 Å². The summed E-state index contributed by atoms with van der Waals surface area (Å²) < 4.78 is 0. The third kappa shape index (κ3) is 5.10. The van der Waals surface area contributed by atoms with Crippen LogP contribution in [0.5, 0.6) is 0 Å². The average molecular weight is 298 g/mol. The number of carbonyl (C=O) groups is 2. The van der Waals surface area contributed by atoms with Crippen molar-refractivity contribution in [2.24, 2.45) is 5.41 Å². The minimum absolute atomic E-state index is 0.0551. The Bertz CT molecular complexity index is 593. The molecule has 1 aliphatic rings. The first-order chi connectivity index (χ1) is 10.3. The zero-order valence-electron chi connectivity index (χ0n) is 14.3. The summed E-state index contributed by atoms with van der Waals surface area (Å²) in [7, 11) is 0. The van der Waals surface area contributed by atoms with E-state index < -0.39 is 0 Å². The lowest BCUT2D eigenvalue weighted by molar-refractivity contribution is -0.116. The van der Waals surface area contributed by atoms with Gasteiger partial charge >= 0.3 is 0 Å². The third-order valence-electron chi connectivity index (χ3n) is 4.14. The van der Waals surface area contributed by atoms with Gasteiger partial charge in [-0.1, -0.05) is 56.4 Å². The average Bonchev–Trinajstić information content (AvgIpc) is 2.45. The normalized spacial score (nSPS) is 19.9. The highest BCUT2D eigenvalue weighted by Crippen LogP contribution is 2.39. The summed E-state index contributed by atoms with van der Waals surface area (Å²) in [6.45, 7) is 9.64. The molecular weight excluding hydrogens is 272 g/mol. The monoisotopic (exact) mass is 298 g/mol. The van der Waals surface area contributed by atoms with Gasteiger partial charge in [-0.15, -0.1) is 0 Å². The first-order valence-corrected chi connectivity index (χ1v) is 7.69. The van der Waals surface area contributed by atoms with Gasteiger partial charge in [-0.2, -0.15) is 0 Å². The van der Waals surface area contributed by atoms with Crippen molar-refractivity contribution in [1.82, 2.24) is 0 Å². The molecule has 0 amide bonds. The van der Waals surface area contributed by atoms with E-state index in [0.717, 1.165) is 23.1 Å². The quantitative estimate of drug-likeness (QED) is 0.534. The van der Waals surface area contributed by atoms with Gasteiger partial charge in [0.25, 0.3) is 0 Å². The zero-order chi connectivity index (χ0) is 16.8. The highest BCUT2D eigenvalue weighted by molar-refractivity contribution is 5.97. The second-order valence-corrected chi connectivity index (χ2v) is 6.38. The molecule has 2 nitrogen and oxygen atoms in total. The highest BCUT2D eigenvalue weighted by Gasteiger charge is 2.30. The molecule has 22 heavy (non-hydrogen) atoms. The van der Waals surface area contributed by atoms with E-state index in [-0.39, 0.29) is 17.0 Å². The summed E-state index contributed by atoms with van der Waals surface area (Å²) in [6.07, 6.45) is 14.9. The Morgan fingerprint density at radius 1 is 1.05 bits per heavy atom. The Morgan fingerprint density at radius 3 is 2.27 bits per heavy atom. The van der Waals surface area contributed by atoms with Crippen molar-refractivity contribution in [1.29, 1.82) is 0 Å². The number of Topliss-reactive ketones (excluding diaryl/α,β-unsaturated/α-hetero) is 2. The van der Waals surface area contributed by atoms with Crippen LogP contribution in [-0.4, -0.2) is 11.6 Å². The van der Waals surface area contributed by atoms with Crippen molar-refractivity contribution in [2.75, 3.05) is 0 Å². The van der Waals surface area contributed by atoms with Crippen LogP contribution in [-0.2, 0) is 9.59 Å². The molecule has 0 aromatic carbocycles. The van der Waals surface area contributed by atoms with Crippen LogP contribution in [0.25, 0.3) is 0 Å². The van der Waals surface area contributed by atoms with Crippen molar-refractivity contribution < 1.29 is 9.59 Å². The van der Waals surface area contributed by atoms with Gasteiger partial charge in [0, 0.05) is 6.42 Å².